The first-order valence-electron chi connectivity index (χ1n) is 17.1. The number of carbonyl (C=O) groups excluding carboxylic acids is 2. The van der Waals surface area contributed by atoms with E-state index in [-0.39, 0.29) is 37.6 Å². The van der Waals surface area contributed by atoms with E-state index >= 15 is 0 Å². The van der Waals surface area contributed by atoms with Crippen LogP contribution in [-0.4, -0.2) is 75.8 Å². The molecule has 0 aliphatic carbocycles. The summed E-state index contributed by atoms with van der Waals surface area (Å²) < 4.78 is 13.2. The molecular weight excluding hydrogens is 636 g/mol. The highest BCUT2D eigenvalue weighted by Crippen LogP contribution is 2.39. The van der Waals surface area contributed by atoms with E-state index in [9.17, 15) is 14.7 Å². The maximum Gasteiger partial charge on any atom is 0.243 e. The Bertz CT molecular complexity index is 1680. The van der Waals surface area contributed by atoms with Gasteiger partial charge in [0.2, 0.25) is 17.8 Å². The monoisotopic (exact) mass is 680 g/mol. The summed E-state index contributed by atoms with van der Waals surface area (Å²) in [6.45, 7) is 4.58. The highest BCUT2D eigenvalue weighted by molar-refractivity contribution is 5.78. The molecule has 3 heterocycles. The number of aromatic nitrogens is 2. The van der Waals surface area contributed by atoms with Gasteiger partial charge in [-0.2, -0.15) is 0 Å². The van der Waals surface area contributed by atoms with Gasteiger partial charge in [0.25, 0.3) is 0 Å². The summed E-state index contributed by atoms with van der Waals surface area (Å²) >= 11 is 0. The number of hydrogen-bond acceptors (Lipinski definition) is 10. The summed E-state index contributed by atoms with van der Waals surface area (Å²) in [5, 5.41) is 21.2. The number of aliphatic hydroxyl groups excluding tert-OH is 1. The van der Waals surface area contributed by atoms with Gasteiger partial charge < -0.3 is 24.8 Å². The largest absolute Gasteiger partial charge is 0.392 e. The van der Waals surface area contributed by atoms with Gasteiger partial charge in [0, 0.05) is 76.5 Å². The van der Waals surface area contributed by atoms with E-state index in [1.807, 2.05) is 66.7 Å². The normalized spacial score (nSPS) is 19.6. The first-order chi connectivity index (χ1) is 24.5. The average Bonchev–Trinajstić information content (AvgIpc) is 3.17. The summed E-state index contributed by atoms with van der Waals surface area (Å²) in [4.78, 5) is 37.1. The summed E-state index contributed by atoms with van der Waals surface area (Å²) in [5.41, 5.74) is 7.39. The minimum absolute atomic E-state index is 0.00643. The van der Waals surface area contributed by atoms with Crippen molar-refractivity contribution < 1.29 is 29.4 Å². The van der Waals surface area contributed by atoms with Gasteiger partial charge in [-0.25, -0.2) is 15.4 Å². The molecule has 2 saturated heterocycles. The molecule has 12 nitrogen and oxygen atoms in total. The molecule has 6 rings (SSSR count). The first kappa shape index (κ1) is 35.1. The van der Waals surface area contributed by atoms with Crippen LogP contribution in [0, 0.1) is 0 Å². The molecule has 3 atom stereocenters. The highest BCUT2D eigenvalue weighted by atomic mass is 16.7. The number of anilines is 1. The number of amides is 2. The lowest BCUT2D eigenvalue weighted by molar-refractivity contribution is -0.253. The Morgan fingerprint density at radius 3 is 2.24 bits per heavy atom. The summed E-state index contributed by atoms with van der Waals surface area (Å²) in [6.07, 6.45) is 4.09. The third-order valence-electron chi connectivity index (χ3n) is 9.20. The Kier molecular flexibility index (Phi) is 12.1. The maximum absolute atomic E-state index is 12.4. The van der Waals surface area contributed by atoms with Crippen LogP contribution >= 0.6 is 0 Å². The van der Waals surface area contributed by atoms with E-state index in [1.165, 1.54) is 0 Å². The van der Waals surface area contributed by atoms with Gasteiger partial charge in [-0.3, -0.25) is 19.7 Å². The molecule has 0 radical (unpaired) electrons. The molecule has 2 amide bonds. The Balaban J connectivity index is 1.12. The molecule has 4 aromatic rings. The molecule has 12 heteroatoms. The van der Waals surface area contributed by atoms with Crippen LogP contribution in [0.1, 0.15) is 60.3 Å². The summed E-state index contributed by atoms with van der Waals surface area (Å²) in [6, 6.07) is 25.9. The fraction of sp³-hybridized carbons (Fsp3) is 0.368. The lowest BCUT2D eigenvalue weighted by atomic mass is 9.97. The van der Waals surface area contributed by atoms with E-state index < -0.39 is 12.2 Å². The molecule has 0 bridgehead atoms. The fourth-order valence-corrected chi connectivity index (χ4v) is 6.43. The van der Waals surface area contributed by atoms with Crippen LogP contribution in [0.4, 0.5) is 5.95 Å². The van der Waals surface area contributed by atoms with Crippen LogP contribution in [0.25, 0.3) is 11.1 Å². The zero-order valence-corrected chi connectivity index (χ0v) is 28.0. The molecule has 2 aliphatic rings. The third kappa shape index (κ3) is 9.29. The van der Waals surface area contributed by atoms with Gasteiger partial charge in [0.1, 0.15) is 0 Å². The number of ether oxygens (including phenoxy) is 2. The molecular formula is C38H44N6O6. The Labute approximate surface area is 292 Å². The minimum atomic E-state index is -0.563. The SMILES string of the molecule is O=C(CCCC(=O)NCc1ccccc1-c1ccc(C2OC(CN3CCN(c4ncccn4)CC3)CC(c3ccc(CO)cc3)O2)cc1)NO. The van der Waals surface area contributed by atoms with Crippen LogP contribution in [0.15, 0.2) is 91.3 Å². The molecule has 50 heavy (non-hydrogen) atoms. The van der Waals surface area contributed by atoms with Gasteiger partial charge in [-0.05, 0) is 40.3 Å². The van der Waals surface area contributed by atoms with Crippen LogP contribution in [-0.2, 0) is 32.2 Å². The molecule has 0 spiro atoms. The van der Waals surface area contributed by atoms with Gasteiger partial charge in [0.05, 0.1) is 18.8 Å². The van der Waals surface area contributed by atoms with Gasteiger partial charge in [-0.1, -0.05) is 72.8 Å². The predicted molar refractivity (Wildman–Crippen MR) is 187 cm³/mol. The molecule has 3 unspecified atom stereocenters. The van der Waals surface area contributed by atoms with Crippen molar-refractivity contribution in [1.29, 1.82) is 0 Å². The number of piperazine rings is 1. The van der Waals surface area contributed by atoms with Crippen molar-refractivity contribution in [3.63, 3.8) is 0 Å². The van der Waals surface area contributed by atoms with Crippen molar-refractivity contribution in [3.05, 3.63) is 114 Å². The highest BCUT2D eigenvalue weighted by Gasteiger charge is 2.34. The van der Waals surface area contributed by atoms with E-state index in [0.29, 0.717) is 19.4 Å². The predicted octanol–water partition coefficient (Wildman–Crippen LogP) is 4.30. The quantitative estimate of drug-likeness (QED) is 0.119. The number of hydroxylamine groups is 1. The molecule has 2 fully saturated rings. The Morgan fingerprint density at radius 2 is 1.52 bits per heavy atom. The molecule has 262 valence electrons. The van der Waals surface area contributed by atoms with Gasteiger partial charge >= 0.3 is 0 Å². The standard InChI is InChI=1S/C38H44N6O6/c45-26-27-9-11-29(12-10-27)34-23-32(25-43-19-21-44(22-20-43)38-39-17-4-18-40-38)49-37(50-34)30-15-13-28(14-16-30)33-6-2-1-5-31(33)24-41-35(46)7-3-8-36(47)42-48/h1-2,4-6,9-18,32,34,37,45,48H,3,7-8,19-26H2,(H,41,46)(H,42,47). The van der Waals surface area contributed by atoms with E-state index in [1.54, 1.807) is 17.9 Å². The maximum atomic E-state index is 12.4. The number of nitrogens with one attached hydrogen (secondary N) is 2. The number of carbonyl (C=O) groups is 2. The lowest BCUT2D eigenvalue weighted by Gasteiger charge is -2.40. The third-order valence-corrected chi connectivity index (χ3v) is 9.20. The average molecular weight is 681 g/mol. The van der Waals surface area contributed by atoms with Gasteiger partial charge in [-0.15, -0.1) is 0 Å². The summed E-state index contributed by atoms with van der Waals surface area (Å²) in [7, 11) is 0. The first-order valence-corrected chi connectivity index (χ1v) is 17.1. The molecule has 3 aromatic carbocycles. The summed E-state index contributed by atoms with van der Waals surface area (Å²) in [5.74, 6) is 0.0975. The second-order valence-electron chi connectivity index (χ2n) is 12.6. The minimum Gasteiger partial charge on any atom is -0.392 e. The van der Waals surface area contributed by atoms with Crippen LogP contribution < -0.4 is 15.7 Å². The second-order valence-corrected chi connectivity index (χ2v) is 12.6. The molecule has 4 N–H and O–H groups in total. The number of aliphatic hydroxyl groups is 1. The van der Waals surface area contributed by atoms with Crippen molar-refractivity contribution in [2.75, 3.05) is 37.6 Å². The van der Waals surface area contributed by atoms with Crippen molar-refractivity contribution in [2.24, 2.45) is 0 Å². The van der Waals surface area contributed by atoms with E-state index in [4.69, 9.17) is 14.7 Å². The van der Waals surface area contributed by atoms with Crippen molar-refractivity contribution >= 4 is 17.8 Å². The zero-order valence-electron chi connectivity index (χ0n) is 28.0. The number of nitrogens with zero attached hydrogens (tertiary/aromatic N) is 4. The Hall–Kier alpha value is -4.72. The molecule has 1 aromatic heterocycles. The Morgan fingerprint density at radius 1 is 0.820 bits per heavy atom. The fourth-order valence-electron chi connectivity index (χ4n) is 6.43. The van der Waals surface area contributed by atoms with Crippen molar-refractivity contribution in [3.8, 4) is 11.1 Å². The smallest absolute Gasteiger partial charge is 0.243 e. The van der Waals surface area contributed by atoms with Crippen LogP contribution in [0.5, 0.6) is 0 Å². The number of rotatable bonds is 13. The van der Waals surface area contributed by atoms with Crippen LogP contribution in [0.2, 0.25) is 0 Å². The second kappa shape index (κ2) is 17.3. The van der Waals surface area contributed by atoms with E-state index in [2.05, 4.69) is 37.2 Å². The number of hydrogen-bond donors (Lipinski definition) is 4. The van der Waals surface area contributed by atoms with E-state index in [0.717, 1.165) is 72.1 Å². The molecule has 2 aliphatic heterocycles. The molecule has 0 saturated carbocycles. The van der Waals surface area contributed by atoms with Crippen LogP contribution in [0.3, 0.4) is 0 Å². The topological polar surface area (TPSA) is 149 Å². The van der Waals surface area contributed by atoms with Crippen molar-refractivity contribution in [1.82, 2.24) is 25.7 Å². The van der Waals surface area contributed by atoms with Crippen molar-refractivity contribution in [2.45, 2.75) is 57.3 Å². The van der Waals surface area contributed by atoms with Gasteiger partial charge in [0.15, 0.2) is 6.29 Å². The zero-order chi connectivity index (χ0) is 34.7. The lowest BCUT2D eigenvalue weighted by Crippen LogP contribution is -2.50. The number of benzene rings is 3.